The van der Waals surface area contributed by atoms with E-state index in [0.29, 0.717) is 13.2 Å². The predicted octanol–water partition coefficient (Wildman–Crippen LogP) is 5.07. The van der Waals surface area contributed by atoms with Crippen LogP contribution in [0.1, 0.15) is 24.1 Å². The highest BCUT2D eigenvalue weighted by Gasteiger charge is 2.23. The number of rotatable bonds is 9. The molecule has 0 aliphatic heterocycles. The standard InChI is InChI=1S/C26H27N3O2S/c1-19(32-26-27-22-15-9-10-16-23(22)29(26)17-18-31-2)25(30)28-24(20-11-5-3-6-12-20)21-13-7-4-8-14-21/h3-16,19,24H,17-18H2,1-2H3,(H,28,30). The van der Waals surface area contributed by atoms with Gasteiger partial charge in [-0.1, -0.05) is 84.6 Å². The summed E-state index contributed by atoms with van der Waals surface area (Å²) in [4.78, 5) is 18.0. The minimum atomic E-state index is -0.317. The average molecular weight is 446 g/mol. The molecule has 1 unspecified atom stereocenters. The number of carbonyl (C=O) groups is 1. The first-order valence-corrected chi connectivity index (χ1v) is 11.6. The highest BCUT2D eigenvalue weighted by molar-refractivity contribution is 8.00. The van der Waals surface area contributed by atoms with Crippen molar-refractivity contribution < 1.29 is 9.53 Å². The van der Waals surface area contributed by atoms with Gasteiger partial charge >= 0.3 is 0 Å². The number of para-hydroxylation sites is 2. The number of carbonyl (C=O) groups excluding carboxylic acids is 1. The third-order valence-electron chi connectivity index (χ3n) is 5.34. The van der Waals surface area contributed by atoms with Crippen LogP contribution < -0.4 is 5.32 Å². The van der Waals surface area contributed by atoms with Crippen molar-refractivity contribution in [1.29, 1.82) is 0 Å². The Hall–Kier alpha value is -3.09. The second kappa shape index (κ2) is 10.5. The van der Waals surface area contributed by atoms with Crippen molar-refractivity contribution in [1.82, 2.24) is 14.9 Å². The lowest BCUT2D eigenvalue weighted by Crippen LogP contribution is -2.35. The summed E-state index contributed by atoms with van der Waals surface area (Å²) in [6.45, 7) is 3.19. The SMILES string of the molecule is COCCn1c(SC(C)C(=O)NC(c2ccccc2)c2ccccc2)nc2ccccc21. The van der Waals surface area contributed by atoms with E-state index >= 15 is 0 Å². The second-order valence-electron chi connectivity index (χ2n) is 7.55. The molecule has 1 heterocycles. The maximum Gasteiger partial charge on any atom is 0.234 e. The minimum Gasteiger partial charge on any atom is -0.383 e. The van der Waals surface area contributed by atoms with E-state index < -0.39 is 0 Å². The number of nitrogens with one attached hydrogen (secondary N) is 1. The van der Waals surface area contributed by atoms with Crippen molar-refractivity contribution in [2.24, 2.45) is 0 Å². The summed E-state index contributed by atoms with van der Waals surface area (Å²) in [5.74, 6) is -0.0296. The van der Waals surface area contributed by atoms with Gasteiger partial charge in [0.2, 0.25) is 5.91 Å². The third-order valence-corrected chi connectivity index (χ3v) is 6.43. The zero-order valence-electron chi connectivity index (χ0n) is 18.3. The molecule has 1 atom stereocenters. The summed E-state index contributed by atoms with van der Waals surface area (Å²) >= 11 is 1.47. The molecule has 0 radical (unpaired) electrons. The average Bonchev–Trinajstić information content (AvgIpc) is 3.18. The molecule has 0 aliphatic rings. The Morgan fingerprint density at radius 1 is 0.969 bits per heavy atom. The molecule has 0 saturated carbocycles. The van der Waals surface area contributed by atoms with E-state index in [4.69, 9.17) is 9.72 Å². The second-order valence-corrected chi connectivity index (χ2v) is 8.86. The summed E-state index contributed by atoms with van der Waals surface area (Å²) in [6, 6.07) is 27.9. The smallest absolute Gasteiger partial charge is 0.234 e. The van der Waals surface area contributed by atoms with Crippen LogP contribution in [0.2, 0.25) is 0 Å². The quantitative estimate of drug-likeness (QED) is 0.366. The first kappa shape index (κ1) is 22.1. The van der Waals surface area contributed by atoms with Crippen LogP contribution in [0.3, 0.4) is 0 Å². The molecule has 1 amide bonds. The molecular formula is C26H27N3O2S. The topological polar surface area (TPSA) is 56.1 Å². The van der Waals surface area contributed by atoms with E-state index in [-0.39, 0.29) is 17.2 Å². The van der Waals surface area contributed by atoms with Gasteiger partial charge in [-0.3, -0.25) is 4.79 Å². The summed E-state index contributed by atoms with van der Waals surface area (Å²) in [5.41, 5.74) is 4.07. The molecule has 3 aromatic carbocycles. The Morgan fingerprint density at radius 2 is 1.56 bits per heavy atom. The summed E-state index contributed by atoms with van der Waals surface area (Å²) in [7, 11) is 1.69. The van der Waals surface area contributed by atoms with E-state index in [1.165, 1.54) is 11.8 Å². The molecule has 6 heteroatoms. The fourth-order valence-corrected chi connectivity index (χ4v) is 4.62. The Kier molecular flexibility index (Phi) is 7.24. The maximum absolute atomic E-state index is 13.3. The van der Waals surface area contributed by atoms with Gasteiger partial charge in [-0.25, -0.2) is 4.98 Å². The van der Waals surface area contributed by atoms with Crippen LogP contribution in [0.4, 0.5) is 0 Å². The molecule has 0 fully saturated rings. The first-order valence-electron chi connectivity index (χ1n) is 10.7. The van der Waals surface area contributed by atoms with Crippen LogP contribution in [0, 0.1) is 0 Å². The van der Waals surface area contributed by atoms with Crippen molar-refractivity contribution in [3.8, 4) is 0 Å². The van der Waals surface area contributed by atoms with Crippen LogP contribution >= 0.6 is 11.8 Å². The van der Waals surface area contributed by atoms with Crippen LogP contribution in [0.5, 0.6) is 0 Å². The number of amides is 1. The van der Waals surface area contributed by atoms with Crippen molar-refractivity contribution in [2.75, 3.05) is 13.7 Å². The van der Waals surface area contributed by atoms with Crippen LogP contribution in [-0.2, 0) is 16.1 Å². The molecule has 1 aromatic heterocycles. The van der Waals surface area contributed by atoms with Gasteiger partial charge in [-0.05, 0) is 30.2 Å². The number of hydrogen-bond donors (Lipinski definition) is 1. The normalized spacial score (nSPS) is 12.2. The zero-order chi connectivity index (χ0) is 22.3. The summed E-state index contributed by atoms with van der Waals surface area (Å²) < 4.78 is 7.41. The zero-order valence-corrected chi connectivity index (χ0v) is 19.1. The van der Waals surface area contributed by atoms with E-state index in [1.807, 2.05) is 91.9 Å². The Labute approximate surface area is 192 Å². The van der Waals surface area contributed by atoms with Gasteiger partial charge in [0.1, 0.15) is 0 Å². The largest absolute Gasteiger partial charge is 0.383 e. The van der Waals surface area contributed by atoms with Gasteiger partial charge in [-0.2, -0.15) is 0 Å². The van der Waals surface area contributed by atoms with Gasteiger partial charge in [0, 0.05) is 13.7 Å². The molecule has 32 heavy (non-hydrogen) atoms. The van der Waals surface area contributed by atoms with Crippen molar-refractivity contribution >= 4 is 28.7 Å². The van der Waals surface area contributed by atoms with E-state index in [2.05, 4.69) is 9.88 Å². The van der Waals surface area contributed by atoms with Crippen LogP contribution in [-0.4, -0.2) is 34.4 Å². The third kappa shape index (κ3) is 5.03. The molecule has 5 nitrogen and oxygen atoms in total. The number of methoxy groups -OCH3 is 1. The Bertz CT molecular complexity index is 1120. The van der Waals surface area contributed by atoms with Gasteiger partial charge in [0.15, 0.2) is 5.16 Å². The molecule has 4 aromatic rings. The fourth-order valence-electron chi connectivity index (χ4n) is 3.66. The highest BCUT2D eigenvalue weighted by Crippen LogP contribution is 2.29. The van der Waals surface area contributed by atoms with Crippen molar-refractivity contribution in [3.05, 3.63) is 96.1 Å². The van der Waals surface area contributed by atoms with Gasteiger partial charge in [0.05, 0.1) is 28.9 Å². The number of aromatic nitrogens is 2. The molecule has 4 rings (SSSR count). The molecule has 0 bridgehead atoms. The van der Waals surface area contributed by atoms with E-state index in [9.17, 15) is 4.79 Å². The Morgan fingerprint density at radius 3 is 2.19 bits per heavy atom. The molecule has 0 aliphatic carbocycles. The van der Waals surface area contributed by atoms with E-state index in [0.717, 1.165) is 27.3 Å². The van der Waals surface area contributed by atoms with E-state index in [1.54, 1.807) is 7.11 Å². The fraction of sp³-hybridized carbons (Fsp3) is 0.231. The molecule has 1 N–H and O–H groups in total. The highest BCUT2D eigenvalue weighted by atomic mass is 32.2. The first-order chi connectivity index (χ1) is 15.7. The number of ether oxygens (including phenoxy) is 1. The number of thioether (sulfide) groups is 1. The number of benzene rings is 3. The van der Waals surface area contributed by atoms with Crippen molar-refractivity contribution in [2.45, 2.75) is 29.9 Å². The lowest BCUT2D eigenvalue weighted by Gasteiger charge is -2.22. The molecule has 0 saturated heterocycles. The molecule has 164 valence electrons. The predicted molar refractivity (Wildman–Crippen MR) is 130 cm³/mol. The lowest BCUT2D eigenvalue weighted by atomic mass is 9.98. The summed E-state index contributed by atoms with van der Waals surface area (Å²) in [6.07, 6.45) is 0. The monoisotopic (exact) mass is 445 g/mol. The van der Waals surface area contributed by atoms with Crippen molar-refractivity contribution in [3.63, 3.8) is 0 Å². The molecular weight excluding hydrogens is 418 g/mol. The lowest BCUT2D eigenvalue weighted by molar-refractivity contribution is -0.120. The van der Waals surface area contributed by atoms with Gasteiger partial charge < -0.3 is 14.6 Å². The number of hydrogen-bond acceptors (Lipinski definition) is 4. The molecule has 0 spiro atoms. The summed E-state index contributed by atoms with van der Waals surface area (Å²) in [5, 5.41) is 3.75. The number of imidazole rings is 1. The van der Waals surface area contributed by atoms with Crippen LogP contribution in [0.25, 0.3) is 11.0 Å². The van der Waals surface area contributed by atoms with Gasteiger partial charge in [0.25, 0.3) is 0 Å². The van der Waals surface area contributed by atoms with Gasteiger partial charge in [-0.15, -0.1) is 0 Å². The maximum atomic E-state index is 13.3. The van der Waals surface area contributed by atoms with Crippen LogP contribution in [0.15, 0.2) is 90.1 Å². The number of fused-ring (bicyclic) bond motifs is 1. The Balaban J connectivity index is 1.56. The number of nitrogens with zero attached hydrogens (tertiary/aromatic N) is 2. The minimum absolute atomic E-state index is 0.0296.